The van der Waals surface area contributed by atoms with E-state index < -0.39 is 15.8 Å². The van der Waals surface area contributed by atoms with Crippen molar-refractivity contribution in [1.29, 1.82) is 0 Å². The van der Waals surface area contributed by atoms with Crippen LogP contribution in [0.15, 0.2) is 84.9 Å². The van der Waals surface area contributed by atoms with E-state index in [9.17, 15) is 4.79 Å². The SMILES string of the molecule is C[PH+](C)c1ccc2c(c1C(=O)c1c([PH+](C)C)ccc3c1CCCC3)CCCC2.NC(c1ccccc1)C(N)c1ccccc1.[Cl][Ru+2][Cl]. The molecule has 2 aliphatic carbocycles. The Kier molecular flexibility index (Phi) is 15.6. The number of ketones is 1. The van der Waals surface area contributed by atoms with E-state index in [1.165, 1.54) is 58.5 Å². The number of hydrogen-bond donors (Lipinski definition) is 2. The first kappa shape index (κ1) is 38.3. The average molecular weight is 797 g/mol. The van der Waals surface area contributed by atoms with E-state index in [4.69, 9.17) is 30.8 Å². The standard InChI is InChI=1S/C25H32OP2.C14H16N2.2ClH.Ru/c1-27(2)21-15-13-17-9-5-7-11-19(17)23(21)25(26)24-20-12-8-6-10-18(20)14-16-22(24)28(3)4;15-13(11-7-3-1-4-8-11)14(16)12-9-5-2-6-10-12;;;/h13-16H,5-12H2,1-4H3;1-10,13-14H,15-16H2;2*1H;/q;;;;+4. The van der Waals surface area contributed by atoms with Gasteiger partial charge in [0.05, 0.1) is 37.8 Å². The zero-order valence-electron chi connectivity index (χ0n) is 28.1. The Morgan fingerprint density at radius 3 is 1.28 bits per heavy atom. The molecule has 4 aromatic rings. The van der Waals surface area contributed by atoms with Gasteiger partial charge in [-0.05, 0) is 96.9 Å². The van der Waals surface area contributed by atoms with Crippen molar-refractivity contribution in [2.45, 2.75) is 63.5 Å². The van der Waals surface area contributed by atoms with Gasteiger partial charge in [0, 0.05) is 27.9 Å². The number of benzene rings is 4. The van der Waals surface area contributed by atoms with Crippen LogP contribution in [-0.4, -0.2) is 32.4 Å². The molecule has 0 spiro atoms. The maximum absolute atomic E-state index is 14.3. The molecule has 4 aromatic carbocycles. The zero-order valence-corrected chi connectivity index (χ0v) is 33.3. The van der Waals surface area contributed by atoms with Crippen molar-refractivity contribution in [1.82, 2.24) is 0 Å². The third-order valence-corrected chi connectivity index (χ3v) is 12.3. The van der Waals surface area contributed by atoms with Gasteiger partial charge in [-0.25, -0.2) is 0 Å². The van der Waals surface area contributed by atoms with Crippen LogP contribution in [0.25, 0.3) is 0 Å². The molecule has 6 rings (SSSR count). The van der Waals surface area contributed by atoms with Crippen molar-refractivity contribution in [3.05, 3.63) is 129 Å². The first-order valence-electron chi connectivity index (χ1n) is 16.6. The first-order chi connectivity index (χ1) is 22.7. The average Bonchev–Trinajstić information content (AvgIpc) is 3.11. The Labute approximate surface area is 300 Å². The fraction of sp³-hybridized carbons (Fsp3) is 0.359. The van der Waals surface area contributed by atoms with Crippen LogP contribution in [0.4, 0.5) is 0 Å². The Morgan fingerprint density at radius 1 is 0.596 bits per heavy atom. The molecule has 4 N–H and O–H groups in total. The number of nitrogens with two attached hydrogens (primary N) is 2. The summed E-state index contributed by atoms with van der Waals surface area (Å²) in [7, 11) is 8.32. The summed E-state index contributed by atoms with van der Waals surface area (Å²) >= 11 is -0.346. The fourth-order valence-corrected chi connectivity index (χ4v) is 9.26. The summed E-state index contributed by atoms with van der Waals surface area (Å²) in [6.45, 7) is 9.34. The Bertz CT molecular complexity index is 1490. The molecule has 0 heterocycles. The molecule has 0 amide bonds. The van der Waals surface area contributed by atoms with Crippen LogP contribution in [0, 0.1) is 0 Å². The van der Waals surface area contributed by atoms with Crippen molar-refractivity contribution >= 4 is 51.6 Å². The Hall–Kier alpha value is -1.47. The van der Waals surface area contributed by atoms with E-state index in [1.54, 1.807) is 0 Å². The third kappa shape index (κ3) is 9.83. The number of fused-ring (bicyclic) bond motifs is 2. The van der Waals surface area contributed by atoms with E-state index in [2.05, 4.69) is 50.9 Å². The molecule has 8 heteroatoms. The second-order valence-electron chi connectivity index (χ2n) is 12.9. The van der Waals surface area contributed by atoms with Gasteiger partial charge in [-0.1, -0.05) is 72.8 Å². The van der Waals surface area contributed by atoms with Gasteiger partial charge < -0.3 is 11.5 Å². The van der Waals surface area contributed by atoms with Crippen LogP contribution < -0.4 is 22.1 Å². The van der Waals surface area contributed by atoms with Gasteiger partial charge in [0.25, 0.3) is 0 Å². The second kappa shape index (κ2) is 19.1. The van der Waals surface area contributed by atoms with Gasteiger partial charge in [0.15, 0.2) is 0 Å². The van der Waals surface area contributed by atoms with Gasteiger partial charge in [0.1, 0.15) is 10.6 Å². The third-order valence-electron chi connectivity index (χ3n) is 9.35. The summed E-state index contributed by atoms with van der Waals surface area (Å²) in [6, 6.07) is 28.8. The molecule has 2 aliphatic rings. The Morgan fingerprint density at radius 2 is 0.936 bits per heavy atom. The number of aryl methyl sites for hydroxylation is 2. The summed E-state index contributed by atoms with van der Waals surface area (Å²) < 4.78 is 0. The fourth-order valence-electron chi connectivity index (χ4n) is 6.90. The van der Waals surface area contributed by atoms with Crippen LogP contribution in [0.2, 0.25) is 0 Å². The van der Waals surface area contributed by atoms with Crippen molar-refractivity contribution in [3.8, 4) is 0 Å². The molecule has 3 nitrogen and oxygen atoms in total. The van der Waals surface area contributed by atoms with Crippen LogP contribution in [0.3, 0.4) is 0 Å². The number of carbonyl (C=O) groups excluding carboxylic acids is 1. The van der Waals surface area contributed by atoms with Gasteiger partial charge in [0.2, 0.25) is 5.78 Å². The quantitative estimate of drug-likeness (QED) is 0.112. The normalized spacial score (nSPS) is 14.9. The minimum absolute atomic E-state index is 0.163. The molecule has 0 bridgehead atoms. The molecule has 0 aromatic heterocycles. The van der Waals surface area contributed by atoms with Gasteiger partial charge in [-0.2, -0.15) is 0 Å². The molecule has 0 fully saturated rings. The number of rotatable bonds is 7. The van der Waals surface area contributed by atoms with Crippen molar-refractivity contribution in [2.75, 3.05) is 26.7 Å². The molecular formula is C39H50Cl2N2OP2Ru+4. The molecule has 2 atom stereocenters. The molecule has 0 saturated carbocycles. The first-order valence-corrected chi connectivity index (χ1v) is 26.1. The zero-order chi connectivity index (χ0) is 33.9. The molecule has 0 radical (unpaired) electrons. The summed E-state index contributed by atoms with van der Waals surface area (Å²) in [5, 5.41) is 2.71. The monoisotopic (exact) mass is 796 g/mol. The molecule has 0 saturated heterocycles. The number of halogens is 2. The molecule has 2 unspecified atom stereocenters. The summed E-state index contributed by atoms with van der Waals surface area (Å²) in [4.78, 5) is 14.3. The predicted octanol–water partition coefficient (Wildman–Crippen LogP) is 8.64. The molecule has 47 heavy (non-hydrogen) atoms. The topological polar surface area (TPSA) is 69.1 Å². The van der Waals surface area contributed by atoms with Gasteiger partial charge in [-0.15, -0.1) is 0 Å². The van der Waals surface area contributed by atoms with E-state index >= 15 is 0 Å². The second-order valence-corrected chi connectivity index (χ2v) is 20.6. The minimum atomic E-state index is -0.692. The van der Waals surface area contributed by atoms with Crippen molar-refractivity contribution in [3.63, 3.8) is 0 Å². The Balaban J connectivity index is 0.000000223. The van der Waals surface area contributed by atoms with E-state index in [0.29, 0.717) is 5.78 Å². The molecular weight excluding hydrogens is 746 g/mol. The van der Waals surface area contributed by atoms with E-state index in [1.807, 2.05) is 60.7 Å². The summed E-state index contributed by atoms with van der Waals surface area (Å²) in [5.41, 5.74) is 22.3. The van der Waals surface area contributed by atoms with Crippen LogP contribution in [0.1, 0.15) is 87.1 Å². The van der Waals surface area contributed by atoms with Gasteiger partial charge in [-0.3, -0.25) is 4.79 Å². The van der Waals surface area contributed by atoms with Crippen molar-refractivity contribution in [2.24, 2.45) is 11.5 Å². The predicted molar refractivity (Wildman–Crippen MR) is 208 cm³/mol. The van der Waals surface area contributed by atoms with E-state index in [0.717, 1.165) is 47.9 Å². The number of carbonyl (C=O) groups is 1. The van der Waals surface area contributed by atoms with Crippen molar-refractivity contribution < 1.29 is 19.9 Å². The van der Waals surface area contributed by atoms with E-state index in [-0.39, 0.29) is 27.2 Å². The summed E-state index contributed by atoms with van der Waals surface area (Å²) in [5.74, 6) is 0.361. The van der Waals surface area contributed by atoms with Crippen LogP contribution in [0.5, 0.6) is 0 Å². The van der Waals surface area contributed by atoms with Gasteiger partial charge >= 0.3 is 34.5 Å². The van der Waals surface area contributed by atoms with Crippen LogP contribution >= 0.6 is 35.2 Å². The molecule has 0 aliphatic heterocycles. The molecule has 250 valence electrons. The van der Waals surface area contributed by atoms with Crippen LogP contribution in [-0.2, 0) is 40.8 Å². The maximum atomic E-state index is 14.3. The number of hydrogen-bond acceptors (Lipinski definition) is 3. The summed E-state index contributed by atoms with van der Waals surface area (Å²) in [6.07, 6.45) is 9.42.